The van der Waals surface area contributed by atoms with E-state index in [1.165, 1.54) is 11.8 Å². The SMILES string of the molecule is CN(Cc1ccsc1)C(=O)CSc1nnc(CCC(N)=O)n1CC1CCCO1. The second-order valence-corrected chi connectivity index (χ2v) is 8.50. The third-order valence-electron chi connectivity index (χ3n) is 4.55. The molecular weight excluding hydrogens is 398 g/mol. The Hall–Kier alpha value is -1.91. The summed E-state index contributed by atoms with van der Waals surface area (Å²) in [5.74, 6) is 0.642. The molecule has 2 aromatic rings. The number of carbonyl (C=O) groups is 2. The van der Waals surface area contributed by atoms with E-state index in [0.29, 0.717) is 30.5 Å². The molecule has 152 valence electrons. The van der Waals surface area contributed by atoms with Crippen LogP contribution >= 0.6 is 23.1 Å². The van der Waals surface area contributed by atoms with Gasteiger partial charge in [0.15, 0.2) is 5.16 Å². The molecule has 2 amide bonds. The zero-order valence-electron chi connectivity index (χ0n) is 15.9. The summed E-state index contributed by atoms with van der Waals surface area (Å²) in [7, 11) is 1.80. The summed E-state index contributed by atoms with van der Waals surface area (Å²) in [5, 5.41) is 13.2. The van der Waals surface area contributed by atoms with Crippen molar-refractivity contribution in [2.24, 2.45) is 5.73 Å². The zero-order chi connectivity index (χ0) is 19.9. The zero-order valence-corrected chi connectivity index (χ0v) is 17.5. The van der Waals surface area contributed by atoms with Crippen LogP contribution in [0.15, 0.2) is 22.0 Å². The fraction of sp³-hybridized carbons (Fsp3) is 0.556. The Morgan fingerprint density at radius 1 is 1.46 bits per heavy atom. The van der Waals surface area contributed by atoms with Crippen molar-refractivity contribution < 1.29 is 14.3 Å². The highest BCUT2D eigenvalue weighted by Crippen LogP contribution is 2.22. The fourth-order valence-electron chi connectivity index (χ4n) is 3.00. The molecule has 0 radical (unpaired) electrons. The first kappa shape index (κ1) is 20.8. The standard InChI is InChI=1S/C18H25N5O3S2/c1-22(9-13-6-8-27-11-13)17(25)12-28-18-21-20-16(5-4-15(19)24)23(18)10-14-3-2-7-26-14/h6,8,11,14H,2-5,7,9-10,12H2,1H3,(H2,19,24). The molecular formula is C18H25N5O3S2. The maximum atomic E-state index is 12.5. The summed E-state index contributed by atoms with van der Waals surface area (Å²) in [5.41, 5.74) is 6.40. The van der Waals surface area contributed by atoms with E-state index in [1.807, 2.05) is 21.4 Å². The molecule has 10 heteroatoms. The van der Waals surface area contributed by atoms with E-state index in [0.717, 1.165) is 25.0 Å². The van der Waals surface area contributed by atoms with E-state index >= 15 is 0 Å². The van der Waals surface area contributed by atoms with Gasteiger partial charge in [-0.15, -0.1) is 10.2 Å². The summed E-state index contributed by atoms with van der Waals surface area (Å²) >= 11 is 2.98. The van der Waals surface area contributed by atoms with Gasteiger partial charge in [0.05, 0.1) is 18.4 Å². The number of aromatic nitrogens is 3. The summed E-state index contributed by atoms with van der Waals surface area (Å²) in [6.07, 6.45) is 2.79. The lowest BCUT2D eigenvalue weighted by molar-refractivity contribution is -0.127. The van der Waals surface area contributed by atoms with Crippen LogP contribution in [0.4, 0.5) is 0 Å². The van der Waals surface area contributed by atoms with Crippen LogP contribution in [0.3, 0.4) is 0 Å². The average Bonchev–Trinajstić information content (AvgIpc) is 3.41. The second kappa shape index (κ2) is 10.0. The Morgan fingerprint density at radius 3 is 3.00 bits per heavy atom. The number of hydrogen-bond acceptors (Lipinski definition) is 7. The van der Waals surface area contributed by atoms with Gasteiger partial charge in [-0.05, 0) is 35.2 Å². The number of carbonyl (C=O) groups excluding carboxylic acids is 2. The van der Waals surface area contributed by atoms with E-state index in [-0.39, 0.29) is 30.1 Å². The van der Waals surface area contributed by atoms with Crippen molar-refractivity contribution in [3.63, 3.8) is 0 Å². The monoisotopic (exact) mass is 423 g/mol. The Kier molecular flexibility index (Phi) is 7.46. The van der Waals surface area contributed by atoms with Crippen LogP contribution in [0.1, 0.15) is 30.7 Å². The highest BCUT2D eigenvalue weighted by molar-refractivity contribution is 7.99. The number of nitrogens with two attached hydrogens (primary N) is 1. The number of nitrogens with zero attached hydrogens (tertiary/aromatic N) is 4. The van der Waals surface area contributed by atoms with Gasteiger partial charge in [-0.1, -0.05) is 11.8 Å². The fourth-order valence-corrected chi connectivity index (χ4v) is 4.57. The van der Waals surface area contributed by atoms with Crippen molar-refractivity contribution in [3.8, 4) is 0 Å². The molecule has 1 saturated heterocycles. The highest BCUT2D eigenvalue weighted by Gasteiger charge is 2.22. The number of ether oxygens (including phenoxy) is 1. The summed E-state index contributed by atoms with van der Waals surface area (Å²) in [6.45, 7) is 1.98. The van der Waals surface area contributed by atoms with Crippen molar-refractivity contribution in [2.45, 2.75) is 50.0 Å². The largest absolute Gasteiger partial charge is 0.376 e. The summed E-state index contributed by atoms with van der Waals surface area (Å²) < 4.78 is 7.70. The van der Waals surface area contributed by atoms with Gasteiger partial charge in [0.25, 0.3) is 0 Å². The summed E-state index contributed by atoms with van der Waals surface area (Å²) in [4.78, 5) is 25.3. The second-order valence-electron chi connectivity index (χ2n) is 6.78. The third-order valence-corrected chi connectivity index (χ3v) is 6.23. The van der Waals surface area contributed by atoms with Crippen molar-refractivity contribution in [2.75, 3.05) is 19.4 Å². The Labute approximate surface area is 172 Å². The van der Waals surface area contributed by atoms with E-state index in [4.69, 9.17) is 10.5 Å². The predicted octanol–water partition coefficient (Wildman–Crippen LogP) is 1.69. The van der Waals surface area contributed by atoms with E-state index in [9.17, 15) is 9.59 Å². The Balaban J connectivity index is 1.62. The molecule has 3 heterocycles. The first-order chi connectivity index (χ1) is 13.5. The molecule has 1 unspecified atom stereocenters. The van der Waals surface area contributed by atoms with Gasteiger partial charge in [-0.3, -0.25) is 9.59 Å². The smallest absolute Gasteiger partial charge is 0.233 e. The van der Waals surface area contributed by atoms with Crippen molar-refractivity contribution in [1.29, 1.82) is 0 Å². The minimum atomic E-state index is -0.369. The molecule has 2 aromatic heterocycles. The Morgan fingerprint density at radius 2 is 2.32 bits per heavy atom. The quantitative estimate of drug-likeness (QED) is 0.583. The topological polar surface area (TPSA) is 103 Å². The lowest BCUT2D eigenvalue weighted by Gasteiger charge is -2.17. The molecule has 1 aliphatic heterocycles. The first-order valence-corrected chi connectivity index (χ1v) is 11.2. The van der Waals surface area contributed by atoms with Crippen LogP contribution in [0.5, 0.6) is 0 Å². The molecule has 0 spiro atoms. The lowest BCUT2D eigenvalue weighted by atomic mass is 10.2. The normalized spacial score (nSPS) is 16.4. The summed E-state index contributed by atoms with van der Waals surface area (Å²) in [6, 6.07) is 2.02. The van der Waals surface area contributed by atoms with Gasteiger partial charge in [0.1, 0.15) is 5.82 Å². The Bertz CT molecular complexity index is 787. The number of hydrogen-bond donors (Lipinski definition) is 1. The maximum Gasteiger partial charge on any atom is 0.233 e. The van der Waals surface area contributed by atoms with Crippen LogP contribution < -0.4 is 5.73 Å². The highest BCUT2D eigenvalue weighted by atomic mass is 32.2. The molecule has 3 rings (SSSR count). The van der Waals surface area contributed by atoms with E-state index < -0.39 is 0 Å². The minimum Gasteiger partial charge on any atom is -0.376 e. The first-order valence-electron chi connectivity index (χ1n) is 9.22. The van der Waals surface area contributed by atoms with Crippen molar-refractivity contribution in [1.82, 2.24) is 19.7 Å². The van der Waals surface area contributed by atoms with Crippen LogP contribution in [-0.4, -0.2) is 57.0 Å². The number of thioether (sulfide) groups is 1. The number of rotatable bonds is 10. The van der Waals surface area contributed by atoms with E-state index in [2.05, 4.69) is 10.2 Å². The van der Waals surface area contributed by atoms with E-state index in [1.54, 1.807) is 23.3 Å². The molecule has 0 bridgehead atoms. The maximum absolute atomic E-state index is 12.5. The molecule has 1 atom stereocenters. The van der Waals surface area contributed by atoms with Gasteiger partial charge in [0, 0.05) is 33.0 Å². The number of amides is 2. The number of thiophene rings is 1. The van der Waals surface area contributed by atoms with Gasteiger partial charge < -0.3 is 19.9 Å². The van der Waals surface area contributed by atoms with Crippen LogP contribution in [0.25, 0.3) is 0 Å². The average molecular weight is 424 g/mol. The van der Waals surface area contributed by atoms with Crippen LogP contribution in [0.2, 0.25) is 0 Å². The number of aryl methyl sites for hydroxylation is 1. The molecule has 2 N–H and O–H groups in total. The predicted molar refractivity (Wildman–Crippen MR) is 108 cm³/mol. The number of primary amides is 1. The van der Waals surface area contributed by atoms with Gasteiger partial charge in [-0.25, -0.2) is 0 Å². The molecule has 0 saturated carbocycles. The van der Waals surface area contributed by atoms with Crippen LogP contribution in [-0.2, 0) is 33.8 Å². The lowest BCUT2D eigenvalue weighted by Crippen LogP contribution is -2.27. The molecule has 0 aromatic carbocycles. The van der Waals surface area contributed by atoms with Crippen molar-refractivity contribution in [3.05, 3.63) is 28.2 Å². The van der Waals surface area contributed by atoms with Crippen LogP contribution in [0, 0.1) is 0 Å². The molecule has 0 aliphatic carbocycles. The third kappa shape index (κ3) is 5.79. The minimum absolute atomic E-state index is 0.0292. The molecule has 8 nitrogen and oxygen atoms in total. The molecule has 1 fully saturated rings. The molecule has 1 aliphatic rings. The van der Waals surface area contributed by atoms with Gasteiger partial charge in [0.2, 0.25) is 11.8 Å². The molecule has 28 heavy (non-hydrogen) atoms. The van der Waals surface area contributed by atoms with Crippen molar-refractivity contribution >= 4 is 34.9 Å². The van der Waals surface area contributed by atoms with Gasteiger partial charge in [-0.2, -0.15) is 11.3 Å². The van der Waals surface area contributed by atoms with Gasteiger partial charge >= 0.3 is 0 Å².